The molecule has 0 aromatic heterocycles. The van der Waals surface area contributed by atoms with E-state index in [9.17, 15) is 14.4 Å². The zero-order chi connectivity index (χ0) is 25.4. The fraction of sp³-hybridized carbons (Fsp3) is 0.607. The number of benzene rings is 1. The van der Waals surface area contributed by atoms with Crippen LogP contribution in [0.3, 0.4) is 0 Å². The highest BCUT2D eigenvalue weighted by atomic mass is 16.5. The van der Waals surface area contributed by atoms with Gasteiger partial charge in [-0.15, -0.1) is 0 Å². The summed E-state index contributed by atoms with van der Waals surface area (Å²) in [7, 11) is 1.62. The van der Waals surface area contributed by atoms with Gasteiger partial charge in [0, 0.05) is 32.0 Å². The van der Waals surface area contributed by atoms with E-state index in [1.807, 2.05) is 43.3 Å². The van der Waals surface area contributed by atoms with Gasteiger partial charge in [0.2, 0.25) is 17.7 Å². The molecule has 1 saturated carbocycles. The van der Waals surface area contributed by atoms with E-state index in [1.165, 1.54) is 6.42 Å². The number of carbonyl (C=O) groups excluding carboxylic acids is 3. The van der Waals surface area contributed by atoms with Crippen LogP contribution in [0.4, 0.5) is 5.69 Å². The lowest BCUT2D eigenvalue weighted by molar-refractivity contribution is -0.141. The Kier molecular flexibility index (Phi) is 6.92. The van der Waals surface area contributed by atoms with Gasteiger partial charge in [-0.1, -0.05) is 44.1 Å². The number of aryl methyl sites for hydroxylation is 1. The minimum Gasteiger partial charge on any atom is -0.385 e. The second-order valence-corrected chi connectivity index (χ2v) is 10.8. The Balaban J connectivity index is 1.42. The van der Waals surface area contributed by atoms with Crippen LogP contribution in [0.25, 0.3) is 0 Å². The molecule has 3 fully saturated rings. The highest BCUT2D eigenvalue weighted by Crippen LogP contribution is 2.55. The molecule has 3 amide bonds. The third-order valence-corrected chi connectivity index (χ3v) is 8.40. The molecule has 1 aromatic carbocycles. The molecule has 1 aliphatic carbocycles. The first-order valence-corrected chi connectivity index (χ1v) is 13.2. The van der Waals surface area contributed by atoms with Gasteiger partial charge in [0.1, 0.15) is 11.6 Å². The molecule has 2 N–H and O–H groups in total. The van der Waals surface area contributed by atoms with Gasteiger partial charge < -0.3 is 25.0 Å². The Morgan fingerprint density at radius 2 is 2.03 bits per heavy atom. The van der Waals surface area contributed by atoms with Crippen LogP contribution in [0.5, 0.6) is 0 Å². The maximum absolute atomic E-state index is 13.9. The summed E-state index contributed by atoms with van der Waals surface area (Å²) in [6, 6.07) is 6.85. The van der Waals surface area contributed by atoms with E-state index in [2.05, 4.69) is 17.6 Å². The summed E-state index contributed by atoms with van der Waals surface area (Å²) in [6.45, 7) is 4.98. The van der Waals surface area contributed by atoms with Crippen molar-refractivity contribution >= 4 is 23.4 Å². The minimum atomic E-state index is -1.13. The van der Waals surface area contributed by atoms with Crippen LogP contribution in [0.1, 0.15) is 44.6 Å². The summed E-state index contributed by atoms with van der Waals surface area (Å²) in [5, 5.41) is 6.23. The number of anilines is 1. The lowest BCUT2D eigenvalue weighted by atomic mass is 9.74. The molecule has 0 radical (unpaired) electrons. The second kappa shape index (κ2) is 9.98. The predicted octanol–water partition coefficient (Wildman–Crippen LogP) is 2.82. The van der Waals surface area contributed by atoms with Crippen LogP contribution < -0.4 is 10.6 Å². The Morgan fingerprint density at radius 3 is 2.78 bits per heavy atom. The molecule has 0 unspecified atom stereocenters. The number of amides is 3. The maximum Gasteiger partial charge on any atom is 0.246 e. The number of likely N-dealkylation sites (tertiary alicyclic amines) is 1. The molecule has 8 heteroatoms. The lowest BCUT2D eigenvalue weighted by Gasteiger charge is -2.36. The first-order valence-electron chi connectivity index (χ1n) is 13.2. The van der Waals surface area contributed by atoms with Gasteiger partial charge in [-0.2, -0.15) is 0 Å². The first-order chi connectivity index (χ1) is 17.4. The van der Waals surface area contributed by atoms with E-state index < -0.39 is 29.6 Å². The molecule has 8 nitrogen and oxygen atoms in total. The Morgan fingerprint density at radius 1 is 1.22 bits per heavy atom. The minimum absolute atomic E-state index is 0.0839. The number of nitrogens with zero attached hydrogens (tertiary/aromatic N) is 1. The van der Waals surface area contributed by atoms with Crippen LogP contribution in [0, 0.1) is 24.7 Å². The third-order valence-electron chi connectivity index (χ3n) is 8.40. The first kappa shape index (κ1) is 25.0. The summed E-state index contributed by atoms with van der Waals surface area (Å²) >= 11 is 0. The number of ether oxygens (including phenoxy) is 2. The second-order valence-electron chi connectivity index (χ2n) is 10.8. The van der Waals surface area contributed by atoms with Crippen LogP contribution in [0.2, 0.25) is 0 Å². The normalized spacial score (nSPS) is 34.6. The lowest BCUT2D eigenvalue weighted by Crippen LogP contribution is -2.57. The molecule has 5 rings (SSSR count). The molecule has 36 heavy (non-hydrogen) atoms. The van der Waals surface area contributed by atoms with Crippen molar-refractivity contribution in [1.82, 2.24) is 10.2 Å². The van der Waals surface area contributed by atoms with E-state index in [0.29, 0.717) is 31.2 Å². The quantitative estimate of drug-likeness (QED) is 0.427. The van der Waals surface area contributed by atoms with Gasteiger partial charge in [-0.05, 0) is 49.8 Å². The van der Waals surface area contributed by atoms with Crippen molar-refractivity contribution in [2.75, 3.05) is 25.6 Å². The maximum atomic E-state index is 13.9. The zero-order valence-electron chi connectivity index (χ0n) is 21.4. The highest BCUT2D eigenvalue weighted by Gasteiger charge is 2.72. The SMILES string of the molecule is COCCCN1C(=O)[C@H]2[C@H](C(=O)Nc3cccc(C)c3)[C@H]3C=C[C@@]2(O3)[C@@H]1C(=O)N[C@@H]1CCCC[C@@H]1C. The summed E-state index contributed by atoms with van der Waals surface area (Å²) in [6.07, 6.45) is 8.07. The smallest absolute Gasteiger partial charge is 0.246 e. The van der Waals surface area contributed by atoms with Crippen LogP contribution in [-0.2, 0) is 23.9 Å². The number of rotatable bonds is 8. The largest absolute Gasteiger partial charge is 0.385 e. The van der Waals surface area contributed by atoms with E-state index in [4.69, 9.17) is 9.47 Å². The Bertz CT molecular complexity index is 1060. The molecule has 3 aliphatic heterocycles. The van der Waals surface area contributed by atoms with Crippen molar-refractivity contribution in [2.24, 2.45) is 17.8 Å². The summed E-state index contributed by atoms with van der Waals surface area (Å²) < 4.78 is 11.6. The molecule has 1 spiro atoms. The number of carbonyl (C=O) groups is 3. The molecular weight excluding hydrogens is 458 g/mol. The average molecular weight is 496 g/mol. The molecule has 4 aliphatic rings. The fourth-order valence-corrected chi connectivity index (χ4v) is 6.63. The topological polar surface area (TPSA) is 97.0 Å². The molecule has 2 bridgehead atoms. The number of hydrogen-bond donors (Lipinski definition) is 2. The van der Waals surface area contributed by atoms with E-state index in [-0.39, 0.29) is 23.8 Å². The van der Waals surface area contributed by atoms with E-state index >= 15 is 0 Å². The third kappa shape index (κ3) is 4.24. The van der Waals surface area contributed by atoms with Crippen LogP contribution >= 0.6 is 0 Å². The van der Waals surface area contributed by atoms with Crippen molar-refractivity contribution < 1.29 is 23.9 Å². The van der Waals surface area contributed by atoms with Crippen molar-refractivity contribution in [3.63, 3.8) is 0 Å². The number of methoxy groups -OCH3 is 1. The van der Waals surface area contributed by atoms with Gasteiger partial charge >= 0.3 is 0 Å². The van der Waals surface area contributed by atoms with E-state index in [0.717, 1.165) is 24.8 Å². The van der Waals surface area contributed by atoms with Crippen LogP contribution in [-0.4, -0.2) is 66.7 Å². The molecular formula is C28H37N3O5. The van der Waals surface area contributed by atoms with E-state index in [1.54, 1.807) is 12.0 Å². The molecule has 1 aromatic rings. The Hall–Kier alpha value is -2.71. The van der Waals surface area contributed by atoms with Crippen molar-refractivity contribution in [2.45, 2.75) is 69.7 Å². The van der Waals surface area contributed by atoms with Gasteiger partial charge in [-0.3, -0.25) is 14.4 Å². The number of hydrogen-bond acceptors (Lipinski definition) is 5. The molecule has 7 atom stereocenters. The fourth-order valence-electron chi connectivity index (χ4n) is 6.63. The van der Waals surface area contributed by atoms with Crippen molar-refractivity contribution in [3.05, 3.63) is 42.0 Å². The standard InChI is InChI=1S/C28H37N3O5/c1-17-8-6-10-19(16-17)29-25(32)22-21-12-13-28(36-21)23(22)27(34)31(14-7-15-35-3)24(28)26(33)30-20-11-5-4-9-18(20)2/h6,8,10,12-13,16,18,20-24H,4-5,7,9,11,14-15H2,1-3H3,(H,29,32)(H,30,33)/t18-,20+,21+,22+,23+,24-,28-/m0/s1. The van der Waals surface area contributed by atoms with Crippen LogP contribution in [0.15, 0.2) is 36.4 Å². The average Bonchev–Trinajstić information content (AvgIpc) is 3.48. The number of fused-ring (bicyclic) bond motifs is 1. The summed E-state index contributed by atoms with van der Waals surface area (Å²) in [5.41, 5.74) is 0.581. The predicted molar refractivity (Wildman–Crippen MR) is 135 cm³/mol. The Labute approximate surface area is 212 Å². The van der Waals surface area contributed by atoms with Gasteiger partial charge in [0.05, 0.1) is 17.9 Å². The monoisotopic (exact) mass is 495 g/mol. The number of nitrogens with one attached hydrogen (secondary N) is 2. The van der Waals surface area contributed by atoms with Crippen molar-refractivity contribution in [1.29, 1.82) is 0 Å². The van der Waals surface area contributed by atoms with Gasteiger partial charge in [-0.25, -0.2) is 0 Å². The zero-order valence-corrected chi connectivity index (χ0v) is 21.4. The molecule has 194 valence electrons. The summed E-state index contributed by atoms with van der Waals surface area (Å²) in [4.78, 5) is 42.8. The molecule has 2 saturated heterocycles. The highest BCUT2D eigenvalue weighted by molar-refractivity contribution is 6.02. The molecule has 3 heterocycles. The van der Waals surface area contributed by atoms with Gasteiger partial charge in [0.15, 0.2) is 0 Å². The van der Waals surface area contributed by atoms with Gasteiger partial charge in [0.25, 0.3) is 0 Å². The summed E-state index contributed by atoms with van der Waals surface area (Å²) in [5.74, 6) is -1.68. The van der Waals surface area contributed by atoms with Crippen molar-refractivity contribution in [3.8, 4) is 0 Å².